The smallest absolute Gasteiger partial charge is 0.213 e. The second-order valence-corrected chi connectivity index (χ2v) is 8.79. The monoisotopic (exact) mass is 445 g/mol. The zero-order chi connectivity index (χ0) is 23.5. The summed E-state index contributed by atoms with van der Waals surface area (Å²) in [7, 11) is 4.21. The van der Waals surface area contributed by atoms with Crippen molar-refractivity contribution in [3.05, 3.63) is 108 Å². The molecule has 5 aromatic rings. The van der Waals surface area contributed by atoms with E-state index in [1.54, 1.807) is 0 Å². The molecule has 3 aromatic heterocycles. The number of para-hydroxylation sites is 2. The van der Waals surface area contributed by atoms with Gasteiger partial charge in [-0.05, 0) is 47.5 Å². The van der Waals surface area contributed by atoms with E-state index in [1.807, 2.05) is 0 Å². The van der Waals surface area contributed by atoms with Crippen LogP contribution in [0.2, 0.25) is 0 Å². The van der Waals surface area contributed by atoms with Gasteiger partial charge >= 0.3 is 0 Å². The summed E-state index contributed by atoms with van der Waals surface area (Å²) in [6, 6.07) is 26.0. The molecule has 0 amide bonds. The summed E-state index contributed by atoms with van der Waals surface area (Å²) in [6.45, 7) is 3.25. The maximum Gasteiger partial charge on any atom is 0.213 e. The molecule has 0 bridgehead atoms. The number of aromatic nitrogens is 3. The molecule has 0 aliphatic carbocycles. The van der Waals surface area contributed by atoms with Crippen molar-refractivity contribution >= 4 is 46.1 Å². The second kappa shape index (κ2) is 9.48. The molecule has 0 spiro atoms. The van der Waals surface area contributed by atoms with E-state index in [0.717, 1.165) is 13.0 Å². The molecule has 0 atom stereocenters. The molecule has 0 saturated carbocycles. The Morgan fingerprint density at radius 3 is 1.88 bits per heavy atom. The molecule has 3 nitrogen and oxygen atoms in total. The quantitative estimate of drug-likeness (QED) is 0.276. The molecular weight excluding hydrogens is 414 g/mol. The number of rotatable bonds is 6. The van der Waals surface area contributed by atoms with E-state index >= 15 is 0 Å². The number of nitrogens with zero attached hydrogens (tertiary/aromatic N) is 3. The molecule has 0 aliphatic rings. The average Bonchev–Trinajstić information content (AvgIpc) is 3.22. The normalized spacial score (nSPS) is 12.0. The van der Waals surface area contributed by atoms with Crippen molar-refractivity contribution in [2.24, 2.45) is 14.1 Å². The Morgan fingerprint density at radius 1 is 0.676 bits per heavy atom. The second-order valence-electron chi connectivity index (χ2n) is 8.79. The van der Waals surface area contributed by atoms with Crippen LogP contribution in [0, 0.1) is 0 Å². The maximum absolute atomic E-state index is 2.34. The van der Waals surface area contributed by atoms with E-state index in [4.69, 9.17) is 0 Å². The number of hydrogen-bond acceptors (Lipinski definition) is 0. The predicted octanol–water partition coefficient (Wildman–Crippen LogP) is 6.19. The van der Waals surface area contributed by atoms with Gasteiger partial charge in [0.2, 0.25) is 11.0 Å². The van der Waals surface area contributed by atoms with E-state index in [9.17, 15) is 0 Å². The summed E-state index contributed by atoms with van der Waals surface area (Å²) in [6.07, 6.45) is 14.3. The van der Waals surface area contributed by atoms with Crippen molar-refractivity contribution in [1.29, 1.82) is 0 Å². The van der Waals surface area contributed by atoms with Crippen LogP contribution >= 0.6 is 0 Å². The highest BCUT2D eigenvalue weighted by molar-refractivity contribution is 5.90. The zero-order valence-electron chi connectivity index (χ0n) is 20.1. The van der Waals surface area contributed by atoms with Crippen LogP contribution in [0.15, 0.2) is 85.2 Å². The minimum absolute atomic E-state index is 1.03. The van der Waals surface area contributed by atoms with E-state index < -0.39 is 0 Å². The van der Waals surface area contributed by atoms with E-state index in [0.29, 0.717) is 0 Å². The summed E-state index contributed by atoms with van der Waals surface area (Å²) >= 11 is 0. The summed E-state index contributed by atoms with van der Waals surface area (Å²) in [5, 5.41) is 2.54. The van der Waals surface area contributed by atoms with E-state index in [2.05, 4.69) is 144 Å². The fourth-order valence-corrected chi connectivity index (χ4v) is 4.65. The van der Waals surface area contributed by atoms with Crippen molar-refractivity contribution in [3.63, 3.8) is 0 Å². The third kappa shape index (κ3) is 4.17. The van der Waals surface area contributed by atoms with Gasteiger partial charge in [0, 0.05) is 49.1 Å². The Labute approximate surface area is 201 Å². The molecule has 0 radical (unpaired) electrons. The Bertz CT molecular complexity index is 1540. The van der Waals surface area contributed by atoms with Crippen LogP contribution in [0.5, 0.6) is 0 Å². The Hall–Kier alpha value is -3.98. The minimum atomic E-state index is 1.03. The van der Waals surface area contributed by atoms with Crippen LogP contribution in [0.3, 0.4) is 0 Å². The highest BCUT2D eigenvalue weighted by atomic mass is 14.9. The van der Waals surface area contributed by atoms with Crippen molar-refractivity contribution < 1.29 is 9.13 Å². The summed E-state index contributed by atoms with van der Waals surface area (Å²) in [5.41, 5.74) is 7.34. The van der Waals surface area contributed by atoms with Crippen LogP contribution in [0.4, 0.5) is 0 Å². The van der Waals surface area contributed by atoms with Gasteiger partial charge in [-0.2, -0.15) is 4.57 Å². The molecule has 5 rings (SSSR count). The third-order valence-corrected chi connectivity index (χ3v) is 6.56. The fourth-order valence-electron chi connectivity index (χ4n) is 4.65. The number of hydrogen-bond donors (Lipinski definition) is 0. The van der Waals surface area contributed by atoms with Gasteiger partial charge in [-0.3, -0.25) is 0 Å². The molecule has 0 unspecified atom stereocenters. The predicted molar refractivity (Wildman–Crippen MR) is 143 cm³/mol. The molecular formula is C31H31N3+2. The van der Waals surface area contributed by atoms with Crippen molar-refractivity contribution in [2.45, 2.75) is 19.9 Å². The van der Waals surface area contributed by atoms with Gasteiger partial charge in [0.15, 0.2) is 12.4 Å². The van der Waals surface area contributed by atoms with Gasteiger partial charge in [0.25, 0.3) is 0 Å². The van der Waals surface area contributed by atoms with Gasteiger partial charge in [-0.15, -0.1) is 0 Å². The van der Waals surface area contributed by atoms with Gasteiger partial charge in [0.1, 0.15) is 13.6 Å². The number of benzene rings is 2. The van der Waals surface area contributed by atoms with Crippen molar-refractivity contribution in [1.82, 2.24) is 4.57 Å². The molecule has 0 fully saturated rings. The Morgan fingerprint density at radius 2 is 1.24 bits per heavy atom. The number of pyridine rings is 2. The Balaban J connectivity index is 1.44. The van der Waals surface area contributed by atoms with Crippen LogP contribution in [-0.4, -0.2) is 4.57 Å². The molecule has 0 aliphatic heterocycles. The zero-order valence-corrected chi connectivity index (χ0v) is 20.1. The molecule has 34 heavy (non-hydrogen) atoms. The van der Waals surface area contributed by atoms with E-state index in [1.165, 1.54) is 44.3 Å². The van der Waals surface area contributed by atoms with Crippen molar-refractivity contribution in [2.75, 3.05) is 0 Å². The fraction of sp³-hybridized carbons (Fsp3) is 0.161. The molecule has 0 N–H and O–H groups in total. The average molecular weight is 446 g/mol. The lowest BCUT2D eigenvalue weighted by molar-refractivity contribution is -0.671. The first-order chi connectivity index (χ1) is 16.7. The highest BCUT2D eigenvalue weighted by Gasteiger charge is 2.10. The topological polar surface area (TPSA) is 12.7 Å². The number of fused-ring (bicyclic) bond motifs is 2. The lowest BCUT2D eigenvalue weighted by Gasteiger charge is -2.04. The first-order valence-electron chi connectivity index (χ1n) is 12.0. The van der Waals surface area contributed by atoms with Crippen LogP contribution in [0.1, 0.15) is 35.9 Å². The molecule has 3 heteroatoms. The van der Waals surface area contributed by atoms with Gasteiger partial charge < -0.3 is 4.57 Å². The maximum atomic E-state index is 2.34. The molecule has 3 heterocycles. The highest BCUT2D eigenvalue weighted by Crippen LogP contribution is 2.21. The lowest BCUT2D eigenvalue weighted by atomic mass is 10.1. The van der Waals surface area contributed by atoms with Crippen LogP contribution in [0.25, 0.3) is 46.1 Å². The Kier molecular flexibility index (Phi) is 6.09. The lowest BCUT2D eigenvalue weighted by Crippen LogP contribution is -2.33. The van der Waals surface area contributed by atoms with Crippen molar-refractivity contribution in [3.8, 4) is 0 Å². The van der Waals surface area contributed by atoms with Crippen LogP contribution < -0.4 is 9.13 Å². The summed E-state index contributed by atoms with van der Waals surface area (Å²) < 4.78 is 6.74. The van der Waals surface area contributed by atoms with Crippen LogP contribution in [-0.2, 0) is 20.6 Å². The first-order valence-corrected chi connectivity index (χ1v) is 12.0. The first kappa shape index (κ1) is 21.8. The summed E-state index contributed by atoms with van der Waals surface area (Å²) in [5.74, 6) is 0. The molecule has 0 saturated heterocycles. The third-order valence-electron chi connectivity index (χ3n) is 6.56. The minimum Gasteiger partial charge on any atom is -0.345 e. The largest absolute Gasteiger partial charge is 0.345 e. The SMILES string of the molecule is CCC[n+]1ccc(/C=C/c2ccc(/C=C/c3cc[n+](C)c4ccccc34)n2C)c2ccccc21. The van der Waals surface area contributed by atoms with Gasteiger partial charge in [-0.1, -0.05) is 43.3 Å². The molecule has 168 valence electrons. The number of aryl methyl sites for hydroxylation is 2. The van der Waals surface area contributed by atoms with Gasteiger partial charge in [-0.25, -0.2) is 4.57 Å². The molecule has 2 aromatic carbocycles. The summed E-state index contributed by atoms with van der Waals surface area (Å²) in [4.78, 5) is 0. The standard InChI is InChI=1S/C31H31N3/c1-4-21-34-23-20-25(29-10-6-8-12-31(29)34)14-16-27-18-17-26(33(27)3)15-13-24-19-22-32(2)30-11-7-5-9-28(24)30/h5-20,22-23H,4,21H2,1-3H3/q+2. The van der Waals surface area contributed by atoms with Gasteiger partial charge in [0.05, 0.1) is 10.8 Å². The van der Waals surface area contributed by atoms with E-state index in [-0.39, 0.29) is 0 Å².